The molecule has 0 spiro atoms. The van der Waals surface area contributed by atoms with Crippen LogP contribution in [0.15, 0.2) is 46.4 Å². The Bertz CT molecular complexity index is 757. The Morgan fingerprint density at radius 2 is 2.00 bits per heavy atom. The second-order valence-electron chi connectivity index (χ2n) is 8.05. The van der Waals surface area contributed by atoms with E-state index in [0.717, 1.165) is 68.1 Å². The molecule has 158 valence electrons. The second kappa shape index (κ2) is 12.4. The number of allylic oxidation sites excluding steroid dienone is 1. The summed E-state index contributed by atoms with van der Waals surface area (Å²) in [6.07, 6.45) is 9.38. The van der Waals surface area contributed by atoms with Gasteiger partial charge in [-0.25, -0.2) is 9.98 Å². The van der Waals surface area contributed by atoms with Crippen molar-refractivity contribution < 1.29 is 3.89 Å². The molecule has 1 saturated heterocycles. The van der Waals surface area contributed by atoms with Crippen molar-refractivity contribution in [2.45, 2.75) is 63.8 Å². The maximum atomic E-state index is 12.9. The standard InChI is InChI=1S/C23H32B2FN3S/c1-4-6-12-21(27-20-11-8-7-10-18(20)3)28-22(9-5-2)29-15-13-19(14-16-29)17-23(24,25)30-26/h5,7-11,19H,4,6,12-17H2,1-3H3/b9-5-,27-21?,28-22?. The number of nitrogens with zero attached hydrogens (tertiary/aromatic N) is 3. The van der Waals surface area contributed by atoms with E-state index >= 15 is 0 Å². The fraction of sp³-hybridized carbons (Fsp3) is 0.565. The highest BCUT2D eigenvalue weighted by Gasteiger charge is 2.27. The number of piperidine rings is 1. The van der Waals surface area contributed by atoms with Crippen molar-refractivity contribution in [2.24, 2.45) is 15.9 Å². The number of rotatable bonds is 8. The van der Waals surface area contributed by atoms with Crippen molar-refractivity contribution >= 4 is 45.2 Å². The van der Waals surface area contributed by atoms with Gasteiger partial charge in [-0.05, 0) is 67.7 Å². The Balaban J connectivity index is 2.18. The molecule has 1 fully saturated rings. The SMILES string of the molecule is [B]C([B])(CC1CCN(C(/C=C\C)=NC(CCCC)=Nc2ccccc2C)CC1)SF. The average Bonchev–Trinajstić information content (AvgIpc) is 2.73. The number of para-hydroxylation sites is 1. The Morgan fingerprint density at radius 1 is 1.30 bits per heavy atom. The lowest BCUT2D eigenvalue weighted by molar-refractivity contribution is 0.258. The quantitative estimate of drug-likeness (QED) is 0.296. The largest absolute Gasteiger partial charge is 0.357 e. The van der Waals surface area contributed by atoms with Gasteiger partial charge in [-0.1, -0.05) is 37.6 Å². The van der Waals surface area contributed by atoms with E-state index in [1.165, 1.54) is 0 Å². The van der Waals surface area contributed by atoms with Crippen LogP contribution in [-0.4, -0.2) is 49.9 Å². The van der Waals surface area contributed by atoms with Gasteiger partial charge in [0.1, 0.15) is 11.7 Å². The number of likely N-dealkylation sites (tertiary alicyclic amines) is 1. The van der Waals surface area contributed by atoms with E-state index in [1.807, 2.05) is 37.3 Å². The van der Waals surface area contributed by atoms with Crippen LogP contribution in [0.1, 0.15) is 57.9 Å². The topological polar surface area (TPSA) is 28.0 Å². The highest BCUT2D eigenvalue weighted by atomic mass is 32.2. The minimum atomic E-state index is -1.29. The van der Waals surface area contributed by atoms with Crippen LogP contribution in [0.5, 0.6) is 0 Å². The van der Waals surface area contributed by atoms with Crippen LogP contribution in [-0.2, 0) is 0 Å². The Hall–Kier alpha value is -1.49. The highest BCUT2D eigenvalue weighted by Crippen LogP contribution is 2.32. The van der Waals surface area contributed by atoms with Gasteiger partial charge in [-0.3, -0.25) is 0 Å². The first kappa shape index (κ1) is 24.8. The monoisotopic (exact) mass is 423 g/mol. The van der Waals surface area contributed by atoms with Crippen molar-refractivity contribution in [3.63, 3.8) is 0 Å². The molecule has 0 bridgehead atoms. The number of amidine groups is 2. The lowest BCUT2D eigenvalue weighted by Crippen LogP contribution is -2.40. The molecule has 0 atom stereocenters. The third kappa shape index (κ3) is 7.98. The lowest BCUT2D eigenvalue weighted by atomic mass is 9.64. The second-order valence-corrected chi connectivity index (χ2v) is 8.97. The fourth-order valence-electron chi connectivity index (χ4n) is 3.64. The summed E-state index contributed by atoms with van der Waals surface area (Å²) in [5, 5.41) is 0. The smallest absolute Gasteiger partial charge is 0.131 e. The molecule has 1 aromatic rings. The predicted molar refractivity (Wildman–Crippen MR) is 132 cm³/mol. The molecule has 0 aromatic heterocycles. The van der Waals surface area contributed by atoms with Gasteiger partial charge in [0, 0.05) is 31.7 Å². The zero-order valence-electron chi connectivity index (χ0n) is 18.5. The number of aryl methyl sites for hydroxylation is 1. The molecule has 0 unspecified atom stereocenters. The van der Waals surface area contributed by atoms with Gasteiger partial charge in [0.05, 0.1) is 21.4 Å². The highest BCUT2D eigenvalue weighted by molar-refractivity contribution is 7.98. The number of aliphatic imine (C=N–C) groups is 2. The normalized spacial score (nSPS) is 17.1. The predicted octanol–water partition coefficient (Wildman–Crippen LogP) is 5.90. The molecule has 1 aliphatic rings. The third-order valence-electron chi connectivity index (χ3n) is 5.37. The van der Waals surface area contributed by atoms with E-state index in [4.69, 9.17) is 25.7 Å². The van der Waals surface area contributed by atoms with Crippen LogP contribution >= 0.6 is 12.1 Å². The Morgan fingerprint density at radius 3 is 2.60 bits per heavy atom. The number of hydrogen-bond donors (Lipinski definition) is 0. The molecule has 1 aromatic carbocycles. The molecule has 0 amide bonds. The van der Waals surface area contributed by atoms with Crippen LogP contribution in [0.2, 0.25) is 0 Å². The zero-order chi connectivity index (χ0) is 22.0. The van der Waals surface area contributed by atoms with E-state index in [1.54, 1.807) is 0 Å². The first-order valence-electron chi connectivity index (χ1n) is 10.9. The van der Waals surface area contributed by atoms with Crippen molar-refractivity contribution in [3.05, 3.63) is 42.0 Å². The summed E-state index contributed by atoms with van der Waals surface area (Å²) in [5.41, 5.74) is 2.12. The molecule has 4 radical (unpaired) electrons. The first-order valence-corrected chi connectivity index (χ1v) is 11.6. The van der Waals surface area contributed by atoms with Gasteiger partial charge >= 0.3 is 0 Å². The zero-order valence-corrected chi connectivity index (χ0v) is 19.3. The number of hydrogen-bond acceptors (Lipinski definition) is 2. The molecule has 7 heteroatoms. The summed E-state index contributed by atoms with van der Waals surface area (Å²) < 4.78 is 11.6. The maximum absolute atomic E-state index is 12.9. The molecule has 1 heterocycles. The van der Waals surface area contributed by atoms with Crippen LogP contribution in [0.4, 0.5) is 9.57 Å². The Labute approximate surface area is 188 Å². The number of benzene rings is 1. The molecule has 30 heavy (non-hydrogen) atoms. The minimum Gasteiger partial charge on any atom is -0.357 e. The summed E-state index contributed by atoms with van der Waals surface area (Å²) in [6, 6.07) is 8.14. The summed E-state index contributed by atoms with van der Waals surface area (Å²) in [7, 11) is 11.6. The summed E-state index contributed by atoms with van der Waals surface area (Å²) in [6.45, 7) is 7.96. The fourth-order valence-corrected chi connectivity index (χ4v) is 3.94. The van der Waals surface area contributed by atoms with E-state index in [0.29, 0.717) is 12.3 Å². The Kier molecular flexibility index (Phi) is 10.2. The van der Waals surface area contributed by atoms with Gasteiger partial charge in [0.25, 0.3) is 0 Å². The molecular formula is C23H32B2FN3S. The molecular weight excluding hydrogens is 391 g/mol. The molecule has 2 rings (SSSR count). The third-order valence-corrected chi connectivity index (χ3v) is 5.82. The van der Waals surface area contributed by atoms with Crippen molar-refractivity contribution in [1.82, 2.24) is 4.90 Å². The van der Waals surface area contributed by atoms with Crippen LogP contribution < -0.4 is 0 Å². The molecule has 0 N–H and O–H groups in total. The summed E-state index contributed by atoms with van der Waals surface area (Å²) in [4.78, 5) is 12.1. The summed E-state index contributed by atoms with van der Waals surface area (Å²) >= 11 is 0.0453. The number of unbranched alkanes of at least 4 members (excludes halogenated alkanes) is 1. The number of halogens is 1. The van der Waals surface area contributed by atoms with E-state index in [2.05, 4.69) is 24.8 Å². The van der Waals surface area contributed by atoms with Gasteiger partial charge < -0.3 is 4.90 Å². The van der Waals surface area contributed by atoms with Gasteiger partial charge in [-0.2, -0.15) is 3.89 Å². The van der Waals surface area contributed by atoms with Gasteiger partial charge in [0.2, 0.25) is 0 Å². The van der Waals surface area contributed by atoms with Crippen LogP contribution in [0.3, 0.4) is 0 Å². The van der Waals surface area contributed by atoms with Gasteiger partial charge in [0.15, 0.2) is 0 Å². The van der Waals surface area contributed by atoms with Crippen molar-refractivity contribution in [2.75, 3.05) is 13.1 Å². The van der Waals surface area contributed by atoms with Gasteiger partial charge in [-0.15, -0.1) is 0 Å². The molecule has 1 aliphatic heterocycles. The van der Waals surface area contributed by atoms with Crippen LogP contribution in [0.25, 0.3) is 0 Å². The minimum absolute atomic E-state index is 0.0453. The lowest BCUT2D eigenvalue weighted by Gasteiger charge is -2.36. The molecule has 3 nitrogen and oxygen atoms in total. The summed E-state index contributed by atoms with van der Waals surface area (Å²) in [5.74, 6) is 2.12. The molecule has 0 saturated carbocycles. The van der Waals surface area contributed by atoms with E-state index in [9.17, 15) is 3.89 Å². The van der Waals surface area contributed by atoms with Crippen molar-refractivity contribution in [1.29, 1.82) is 0 Å². The van der Waals surface area contributed by atoms with Crippen LogP contribution in [0, 0.1) is 12.8 Å². The van der Waals surface area contributed by atoms with E-state index < -0.39 is 4.55 Å². The average molecular weight is 423 g/mol. The van der Waals surface area contributed by atoms with Crippen molar-refractivity contribution in [3.8, 4) is 0 Å². The molecule has 0 aliphatic carbocycles. The maximum Gasteiger partial charge on any atom is 0.131 e. The first-order chi connectivity index (χ1) is 14.4. The van der Waals surface area contributed by atoms with E-state index in [-0.39, 0.29) is 12.1 Å².